The second-order valence-electron chi connectivity index (χ2n) is 6.54. The molecule has 0 N–H and O–H groups in total. The van der Waals surface area contributed by atoms with Gasteiger partial charge in [0.1, 0.15) is 5.01 Å². The van der Waals surface area contributed by atoms with Crippen LogP contribution in [0.2, 0.25) is 0 Å². The Kier molecular flexibility index (Phi) is 2.23. The average molecular weight is 270 g/mol. The molecule has 2 heterocycles. The van der Waals surface area contributed by atoms with Crippen LogP contribution in [0.25, 0.3) is 10.7 Å². The zero-order valence-corrected chi connectivity index (χ0v) is 12.4. The van der Waals surface area contributed by atoms with Gasteiger partial charge in [-0.1, -0.05) is 19.9 Å². The van der Waals surface area contributed by atoms with E-state index in [0.717, 1.165) is 34.7 Å². The second-order valence-corrected chi connectivity index (χ2v) is 7.40. The molecule has 3 aliphatic rings. The van der Waals surface area contributed by atoms with Gasteiger partial charge in [-0.15, -0.1) is 11.3 Å². The largest absolute Gasteiger partial charge is 0.250 e. The van der Waals surface area contributed by atoms with Crippen molar-refractivity contribution in [1.29, 1.82) is 0 Å². The lowest BCUT2D eigenvalue weighted by atomic mass is 9.48. The molecule has 0 unspecified atom stereocenters. The molecule has 2 aromatic heterocycles. The topological polar surface area (TPSA) is 25.8 Å². The minimum absolute atomic E-state index is 0.480. The van der Waals surface area contributed by atoms with E-state index in [2.05, 4.69) is 36.3 Å². The molecule has 98 valence electrons. The van der Waals surface area contributed by atoms with Gasteiger partial charge in [0.25, 0.3) is 0 Å². The predicted molar refractivity (Wildman–Crippen MR) is 78.4 cm³/mol. The van der Waals surface area contributed by atoms with Gasteiger partial charge in [0.15, 0.2) is 0 Å². The summed E-state index contributed by atoms with van der Waals surface area (Å²) in [5, 5.41) is 3.15. The summed E-state index contributed by atoms with van der Waals surface area (Å²) in [6.07, 6.45) is 2.51. The van der Waals surface area contributed by atoms with E-state index in [9.17, 15) is 0 Å². The highest BCUT2D eigenvalue weighted by atomic mass is 32.1. The van der Waals surface area contributed by atoms with E-state index in [1.54, 1.807) is 11.3 Å². The fourth-order valence-corrected chi connectivity index (χ4v) is 4.47. The number of aryl methyl sites for hydroxylation is 1. The zero-order chi connectivity index (χ0) is 13.2. The molecule has 1 saturated carbocycles. The van der Waals surface area contributed by atoms with Crippen molar-refractivity contribution in [2.75, 3.05) is 0 Å². The third-order valence-corrected chi connectivity index (χ3v) is 6.12. The van der Waals surface area contributed by atoms with Crippen LogP contribution in [0, 0.1) is 18.3 Å². The van der Waals surface area contributed by atoms with Crippen molar-refractivity contribution in [1.82, 2.24) is 9.97 Å². The van der Waals surface area contributed by atoms with Crippen LogP contribution < -0.4 is 0 Å². The number of thiazole rings is 1. The van der Waals surface area contributed by atoms with Crippen LogP contribution in [0.3, 0.4) is 0 Å². The van der Waals surface area contributed by atoms with Gasteiger partial charge in [-0.25, -0.2) is 9.97 Å². The van der Waals surface area contributed by atoms with E-state index in [1.807, 2.05) is 6.92 Å². The van der Waals surface area contributed by atoms with Crippen molar-refractivity contribution < 1.29 is 0 Å². The maximum Gasteiger partial charge on any atom is 0.142 e. The fraction of sp³-hybridized carbons (Fsp3) is 0.500. The molecule has 0 saturated heterocycles. The number of pyridine rings is 1. The van der Waals surface area contributed by atoms with E-state index < -0.39 is 0 Å². The monoisotopic (exact) mass is 270 g/mol. The lowest BCUT2D eigenvalue weighted by Crippen LogP contribution is -2.48. The van der Waals surface area contributed by atoms with Gasteiger partial charge in [-0.3, -0.25) is 0 Å². The molecule has 19 heavy (non-hydrogen) atoms. The van der Waals surface area contributed by atoms with E-state index in [0.29, 0.717) is 5.41 Å². The SMILES string of the molecule is Cc1csc(-c2ccc3c(n2)C[C@H]2C[C@@H]3C2(C)C)n1. The van der Waals surface area contributed by atoms with Gasteiger partial charge in [-0.2, -0.15) is 0 Å². The number of nitrogens with zero attached hydrogens (tertiary/aromatic N) is 2. The van der Waals surface area contributed by atoms with Gasteiger partial charge in [-0.05, 0) is 48.6 Å². The predicted octanol–water partition coefficient (Wildman–Crippen LogP) is 4.20. The highest BCUT2D eigenvalue weighted by molar-refractivity contribution is 7.13. The Morgan fingerprint density at radius 2 is 2.11 bits per heavy atom. The van der Waals surface area contributed by atoms with Crippen molar-refractivity contribution in [2.24, 2.45) is 11.3 Å². The first kappa shape index (κ1) is 11.6. The van der Waals surface area contributed by atoms with Gasteiger partial charge in [0, 0.05) is 16.8 Å². The maximum atomic E-state index is 4.89. The molecule has 0 aromatic carbocycles. The molecule has 0 aliphatic heterocycles. The zero-order valence-electron chi connectivity index (χ0n) is 11.6. The fourth-order valence-electron chi connectivity index (χ4n) is 3.71. The molecule has 2 bridgehead atoms. The van der Waals surface area contributed by atoms with Crippen LogP contribution in [0.1, 0.15) is 43.1 Å². The smallest absolute Gasteiger partial charge is 0.142 e. The number of hydrogen-bond donors (Lipinski definition) is 0. The molecule has 2 aromatic rings. The summed E-state index contributed by atoms with van der Waals surface area (Å²) in [5.74, 6) is 1.55. The minimum Gasteiger partial charge on any atom is -0.250 e. The molecule has 0 radical (unpaired) electrons. The average Bonchev–Trinajstić information content (AvgIpc) is 2.84. The van der Waals surface area contributed by atoms with Gasteiger partial charge >= 0.3 is 0 Å². The molecule has 0 spiro atoms. The Bertz CT molecular complexity index is 657. The van der Waals surface area contributed by atoms with Crippen LogP contribution in [-0.4, -0.2) is 9.97 Å². The summed E-state index contributed by atoms with van der Waals surface area (Å²) >= 11 is 1.69. The quantitative estimate of drug-likeness (QED) is 0.776. The standard InChI is InChI=1S/C16H18N2S/c1-9-8-19-15(17-9)13-5-4-11-12-6-10(16(12,2)3)7-14(11)18-13/h4-5,8,10,12H,6-7H2,1-3H3/t10-,12+/m1/s1. The number of aromatic nitrogens is 2. The molecule has 1 fully saturated rings. The Morgan fingerprint density at radius 3 is 2.79 bits per heavy atom. The summed E-state index contributed by atoms with van der Waals surface area (Å²) in [6.45, 7) is 6.86. The third-order valence-electron chi connectivity index (χ3n) is 5.13. The van der Waals surface area contributed by atoms with Crippen LogP contribution in [-0.2, 0) is 6.42 Å². The van der Waals surface area contributed by atoms with Crippen LogP contribution in [0.4, 0.5) is 0 Å². The summed E-state index contributed by atoms with van der Waals surface area (Å²) in [7, 11) is 0. The van der Waals surface area contributed by atoms with E-state index >= 15 is 0 Å². The van der Waals surface area contributed by atoms with Crippen molar-refractivity contribution in [2.45, 2.75) is 39.5 Å². The van der Waals surface area contributed by atoms with Crippen LogP contribution >= 0.6 is 11.3 Å². The van der Waals surface area contributed by atoms with Crippen molar-refractivity contribution >= 4 is 11.3 Å². The van der Waals surface area contributed by atoms with Crippen molar-refractivity contribution in [3.05, 3.63) is 34.5 Å². The maximum absolute atomic E-state index is 4.89. The number of hydrogen-bond acceptors (Lipinski definition) is 3. The molecule has 2 nitrogen and oxygen atoms in total. The molecule has 0 amide bonds. The molecular formula is C16H18N2S. The molecule has 5 rings (SSSR count). The molecular weight excluding hydrogens is 252 g/mol. The highest BCUT2D eigenvalue weighted by Crippen LogP contribution is 2.61. The molecule has 2 atom stereocenters. The number of rotatable bonds is 1. The minimum atomic E-state index is 0.480. The molecule has 3 aliphatic carbocycles. The first-order valence-electron chi connectivity index (χ1n) is 6.98. The summed E-state index contributed by atoms with van der Waals surface area (Å²) in [6, 6.07) is 4.46. The van der Waals surface area contributed by atoms with Crippen molar-refractivity contribution in [3.63, 3.8) is 0 Å². The molecule has 3 heteroatoms. The van der Waals surface area contributed by atoms with E-state index in [-0.39, 0.29) is 0 Å². The van der Waals surface area contributed by atoms with Crippen molar-refractivity contribution in [3.8, 4) is 10.7 Å². The Balaban J connectivity index is 1.77. The van der Waals surface area contributed by atoms with E-state index in [1.165, 1.54) is 17.7 Å². The lowest BCUT2D eigenvalue weighted by molar-refractivity contribution is 0.0170. The van der Waals surface area contributed by atoms with Crippen LogP contribution in [0.5, 0.6) is 0 Å². The summed E-state index contributed by atoms with van der Waals surface area (Å²) in [5.41, 5.74) is 5.43. The van der Waals surface area contributed by atoms with Gasteiger partial charge in [0.05, 0.1) is 5.69 Å². The Morgan fingerprint density at radius 1 is 1.26 bits per heavy atom. The first-order chi connectivity index (χ1) is 9.05. The van der Waals surface area contributed by atoms with E-state index in [4.69, 9.17) is 4.98 Å². The first-order valence-corrected chi connectivity index (χ1v) is 7.86. The highest BCUT2D eigenvalue weighted by Gasteiger charge is 2.52. The van der Waals surface area contributed by atoms with Gasteiger partial charge in [0.2, 0.25) is 0 Å². The lowest BCUT2D eigenvalue weighted by Gasteiger charge is -2.56. The van der Waals surface area contributed by atoms with Crippen LogP contribution in [0.15, 0.2) is 17.5 Å². The Hall–Kier alpha value is -1.22. The summed E-state index contributed by atoms with van der Waals surface area (Å²) in [4.78, 5) is 9.44. The third kappa shape index (κ3) is 1.54. The normalized spacial score (nSPS) is 26.7. The van der Waals surface area contributed by atoms with Gasteiger partial charge < -0.3 is 0 Å². The Labute approximate surface area is 117 Å². The summed E-state index contributed by atoms with van der Waals surface area (Å²) < 4.78 is 0. The second kappa shape index (κ2) is 3.66.